The molecule has 0 unspecified atom stereocenters. The van der Waals surface area contributed by atoms with E-state index in [2.05, 4.69) is 41.0 Å². The van der Waals surface area contributed by atoms with Crippen LogP contribution in [0.25, 0.3) is 11.0 Å². The first-order valence-electron chi connectivity index (χ1n) is 6.96. The lowest BCUT2D eigenvalue weighted by Crippen LogP contribution is -2.21. The molecule has 2 rings (SSSR count). The first kappa shape index (κ1) is 14.0. The van der Waals surface area contributed by atoms with Gasteiger partial charge in [0.1, 0.15) is 5.65 Å². The van der Waals surface area contributed by atoms with Crippen molar-refractivity contribution in [3.8, 4) is 0 Å². The van der Waals surface area contributed by atoms with Crippen LogP contribution in [0.1, 0.15) is 26.3 Å². The van der Waals surface area contributed by atoms with E-state index >= 15 is 0 Å². The smallest absolute Gasteiger partial charge is 0.140 e. The molecule has 104 valence electrons. The number of hydrogen-bond donors (Lipinski definition) is 1. The van der Waals surface area contributed by atoms with Crippen molar-refractivity contribution >= 4 is 11.0 Å². The second-order valence-corrected chi connectivity index (χ2v) is 4.95. The van der Waals surface area contributed by atoms with E-state index in [1.165, 1.54) is 10.9 Å². The minimum atomic E-state index is 0.485. The Morgan fingerprint density at radius 3 is 3.00 bits per heavy atom. The second-order valence-electron chi connectivity index (χ2n) is 4.95. The fraction of sp³-hybridized carbons (Fsp3) is 0.533. The van der Waals surface area contributed by atoms with E-state index in [0.717, 1.165) is 32.0 Å². The van der Waals surface area contributed by atoms with Crippen LogP contribution in [0.4, 0.5) is 0 Å². The summed E-state index contributed by atoms with van der Waals surface area (Å²) >= 11 is 0. The molecular weight excluding hydrogens is 238 g/mol. The standard InChI is InChI=1S/C15H23N3O/c1-4-19-9-8-18-11-13(10-17-12(2)3)14-6-5-7-16-15(14)18/h5-7,11-12,17H,4,8-10H2,1-3H3. The van der Waals surface area contributed by atoms with Gasteiger partial charge in [0.05, 0.1) is 6.61 Å². The van der Waals surface area contributed by atoms with E-state index in [0.29, 0.717) is 6.04 Å². The van der Waals surface area contributed by atoms with Crippen LogP contribution >= 0.6 is 0 Å². The number of nitrogens with one attached hydrogen (secondary N) is 1. The molecule has 4 nitrogen and oxygen atoms in total. The van der Waals surface area contributed by atoms with Gasteiger partial charge < -0.3 is 14.6 Å². The lowest BCUT2D eigenvalue weighted by atomic mass is 10.2. The second kappa shape index (κ2) is 6.68. The molecular formula is C15H23N3O. The zero-order chi connectivity index (χ0) is 13.7. The maximum atomic E-state index is 5.43. The average Bonchev–Trinajstić information content (AvgIpc) is 2.76. The molecule has 0 radical (unpaired) electrons. The predicted octanol–water partition coefficient (Wildman–Crippen LogP) is 2.57. The highest BCUT2D eigenvalue weighted by molar-refractivity contribution is 5.80. The lowest BCUT2D eigenvalue weighted by Gasteiger charge is -2.06. The minimum absolute atomic E-state index is 0.485. The Bertz CT molecular complexity index is 519. The summed E-state index contributed by atoms with van der Waals surface area (Å²) in [4.78, 5) is 4.49. The van der Waals surface area contributed by atoms with E-state index in [9.17, 15) is 0 Å². The van der Waals surface area contributed by atoms with E-state index in [-0.39, 0.29) is 0 Å². The number of hydrogen-bond acceptors (Lipinski definition) is 3. The van der Waals surface area contributed by atoms with Gasteiger partial charge >= 0.3 is 0 Å². The van der Waals surface area contributed by atoms with Crippen LogP contribution in [0.2, 0.25) is 0 Å². The van der Waals surface area contributed by atoms with Crippen molar-refractivity contribution in [2.24, 2.45) is 0 Å². The molecule has 0 spiro atoms. The Morgan fingerprint density at radius 2 is 2.26 bits per heavy atom. The quantitative estimate of drug-likeness (QED) is 0.779. The largest absolute Gasteiger partial charge is 0.380 e. The van der Waals surface area contributed by atoms with Gasteiger partial charge in [0.2, 0.25) is 0 Å². The molecule has 0 atom stereocenters. The maximum absolute atomic E-state index is 5.43. The number of fused-ring (bicyclic) bond motifs is 1. The van der Waals surface area contributed by atoms with Gasteiger partial charge in [0, 0.05) is 43.5 Å². The van der Waals surface area contributed by atoms with Crippen molar-refractivity contribution in [3.05, 3.63) is 30.1 Å². The SMILES string of the molecule is CCOCCn1cc(CNC(C)C)c2cccnc21. The Morgan fingerprint density at radius 1 is 1.42 bits per heavy atom. The summed E-state index contributed by atoms with van der Waals surface area (Å²) in [5.74, 6) is 0. The summed E-state index contributed by atoms with van der Waals surface area (Å²) in [6.45, 7) is 9.55. The number of nitrogens with zero attached hydrogens (tertiary/aromatic N) is 2. The lowest BCUT2D eigenvalue weighted by molar-refractivity contribution is 0.140. The molecule has 0 bridgehead atoms. The molecule has 2 aromatic rings. The summed E-state index contributed by atoms with van der Waals surface area (Å²) in [7, 11) is 0. The molecule has 0 aliphatic rings. The van der Waals surface area contributed by atoms with Crippen LogP contribution in [0.3, 0.4) is 0 Å². The van der Waals surface area contributed by atoms with Crippen LogP contribution in [0, 0.1) is 0 Å². The van der Waals surface area contributed by atoms with Gasteiger partial charge in [-0.2, -0.15) is 0 Å². The maximum Gasteiger partial charge on any atom is 0.140 e. The van der Waals surface area contributed by atoms with Gasteiger partial charge in [-0.05, 0) is 24.6 Å². The van der Waals surface area contributed by atoms with Crippen molar-refractivity contribution < 1.29 is 4.74 Å². The number of aromatic nitrogens is 2. The molecule has 0 amide bonds. The van der Waals surface area contributed by atoms with Gasteiger partial charge in [-0.3, -0.25) is 0 Å². The Kier molecular flexibility index (Phi) is 4.93. The van der Waals surface area contributed by atoms with Crippen molar-refractivity contribution in [2.75, 3.05) is 13.2 Å². The molecule has 2 heterocycles. The highest BCUT2D eigenvalue weighted by Crippen LogP contribution is 2.19. The Hall–Kier alpha value is -1.39. The van der Waals surface area contributed by atoms with Crippen molar-refractivity contribution in [2.45, 2.75) is 39.9 Å². The fourth-order valence-corrected chi connectivity index (χ4v) is 2.13. The third-order valence-electron chi connectivity index (χ3n) is 3.10. The molecule has 0 fully saturated rings. The molecule has 0 aromatic carbocycles. The summed E-state index contributed by atoms with van der Waals surface area (Å²) in [5.41, 5.74) is 2.34. The zero-order valence-electron chi connectivity index (χ0n) is 12.0. The molecule has 19 heavy (non-hydrogen) atoms. The van der Waals surface area contributed by atoms with Crippen LogP contribution < -0.4 is 5.32 Å². The van der Waals surface area contributed by atoms with Gasteiger partial charge in [-0.15, -0.1) is 0 Å². The molecule has 0 saturated carbocycles. The first-order chi connectivity index (χ1) is 9.22. The third kappa shape index (κ3) is 3.55. The third-order valence-corrected chi connectivity index (χ3v) is 3.10. The van der Waals surface area contributed by atoms with Gasteiger partial charge in [-0.25, -0.2) is 4.98 Å². The highest BCUT2D eigenvalue weighted by Gasteiger charge is 2.09. The van der Waals surface area contributed by atoms with Crippen molar-refractivity contribution in [3.63, 3.8) is 0 Å². The molecule has 0 aliphatic carbocycles. The topological polar surface area (TPSA) is 39.1 Å². The van der Waals surface area contributed by atoms with Gasteiger partial charge in [0.25, 0.3) is 0 Å². The first-order valence-corrected chi connectivity index (χ1v) is 6.96. The summed E-state index contributed by atoms with van der Waals surface area (Å²) in [5, 5.41) is 4.69. The molecule has 2 aromatic heterocycles. The fourth-order valence-electron chi connectivity index (χ4n) is 2.13. The summed E-state index contributed by atoms with van der Waals surface area (Å²) in [6, 6.07) is 4.61. The minimum Gasteiger partial charge on any atom is -0.380 e. The molecule has 1 N–H and O–H groups in total. The van der Waals surface area contributed by atoms with Gasteiger partial charge in [0.15, 0.2) is 0 Å². The molecule has 0 aliphatic heterocycles. The van der Waals surface area contributed by atoms with Crippen LogP contribution in [0.5, 0.6) is 0 Å². The Labute approximate surface area is 114 Å². The summed E-state index contributed by atoms with van der Waals surface area (Å²) < 4.78 is 7.61. The van der Waals surface area contributed by atoms with Crippen LogP contribution in [0.15, 0.2) is 24.5 Å². The van der Waals surface area contributed by atoms with E-state index in [1.54, 1.807) is 0 Å². The van der Waals surface area contributed by atoms with Crippen LogP contribution in [-0.4, -0.2) is 28.8 Å². The Balaban J connectivity index is 2.21. The van der Waals surface area contributed by atoms with Crippen molar-refractivity contribution in [1.82, 2.24) is 14.9 Å². The van der Waals surface area contributed by atoms with E-state index in [4.69, 9.17) is 4.74 Å². The average molecular weight is 261 g/mol. The number of ether oxygens (including phenoxy) is 1. The summed E-state index contributed by atoms with van der Waals surface area (Å²) in [6.07, 6.45) is 4.03. The molecule has 0 saturated heterocycles. The van der Waals surface area contributed by atoms with Crippen molar-refractivity contribution in [1.29, 1.82) is 0 Å². The highest BCUT2D eigenvalue weighted by atomic mass is 16.5. The van der Waals surface area contributed by atoms with Crippen LogP contribution in [-0.2, 0) is 17.8 Å². The number of pyridine rings is 1. The zero-order valence-corrected chi connectivity index (χ0v) is 12.0. The molecule has 4 heteroatoms. The monoisotopic (exact) mass is 261 g/mol. The number of rotatable bonds is 7. The van der Waals surface area contributed by atoms with E-state index in [1.807, 2.05) is 19.2 Å². The predicted molar refractivity (Wildman–Crippen MR) is 78.2 cm³/mol. The van der Waals surface area contributed by atoms with Gasteiger partial charge in [-0.1, -0.05) is 13.8 Å². The van der Waals surface area contributed by atoms with E-state index < -0.39 is 0 Å². The normalized spacial score (nSPS) is 11.6.